The van der Waals surface area contributed by atoms with Gasteiger partial charge in [0.1, 0.15) is 6.04 Å². The second kappa shape index (κ2) is 12.7. The number of Topliss-reactive ketones (excluding diaryl/α,β-unsaturated/α-hetero) is 1. The quantitative estimate of drug-likeness (QED) is 0.497. The number of aliphatic hydroxyl groups excluding tert-OH is 1. The molecule has 0 aromatic carbocycles. The fraction of sp³-hybridized carbons (Fsp3) is 0.667. The van der Waals surface area contributed by atoms with Crippen LogP contribution in [0.5, 0.6) is 0 Å². The maximum absolute atomic E-state index is 12.6. The summed E-state index contributed by atoms with van der Waals surface area (Å²) < 4.78 is 0. The summed E-state index contributed by atoms with van der Waals surface area (Å²) >= 11 is 1.17. The molecule has 1 aliphatic rings. The minimum Gasteiger partial charge on any atom is -0.394 e. The second-order valence-electron chi connectivity index (χ2n) is 7.48. The van der Waals surface area contributed by atoms with E-state index in [-0.39, 0.29) is 6.04 Å². The molecule has 1 aromatic rings. The van der Waals surface area contributed by atoms with Crippen molar-refractivity contribution in [2.75, 3.05) is 6.61 Å². The molecule has 3 N–H and O–H groups in total. The van der Waals surface area contributed by atoms with E-state index in [0.717, 1.165) is 25.7 Å². The van der Waals surface area contributed by atoms with Crippen molar-refractivity contribution in [2.24, 2.45) is 0 Å². The highest BCUT2D eigenvalue weighted by molar-refractivity contribution is 7.13. The minimum atomic E-state index is -1.11. The van der Waals surface area contributed by atoms with Gasteiger partial charge in [0.15, 0.2) is 0 Å². The number of rotatable bonds is 6. The van der Waals surface area contributed by atoms with Crippen molar-refractivity contribution in [1.29, 1.82) is 0 Å². The summed E-state index contributed by atoms with van der Waals surface area (Å²) in [5, 5.41) is 16.6. The monoisotopic (exact) mass is 408 g/mol. The standard InChI is InChI=1S/C21H32N2O4S/c24-15-17(23-21(27)19(25)18-13-10-14-28-18)20(26)22-16-11-8-6-4-2-1-3-5-7-9-12-16/h10,13-14,16-17,24H,1-9,11-12,15H2,(H,22,26)(H,23,27). The fourth-order valence-electron chi connectivity index (χ4n) is 3.55. The van der Waals surface area contributed by atoms with E-state index in [0.29, 0.717) is 4.88 Å². The first-order valence-corrected chi connectivity index (χ1v) is 11.3. The Bertz CT molecular complexity index is 606. The van der Waals surface area contributed by atoms with Gasteiger partial charge in [-0.05, 0) is 24.3 Å². The molecule has 1 atom stereocenters. The SMILES string of the molecule is O=C(NC(CO)C(=O)NC1CCCCCCCCCCC1)C(=O)c1cccs1. The van der Waals surface area contributed by atoms with Crippen LogP contribution in [0.3, 0.4) is 0 Å². The van der Waals surface area contributed by atoms with Crippen LogP contribution in [0.1, 0.15) is 80.3 Å². The Morgan fingerprint density at radius 3 is 2.07 bits per heavy atom. The van der Waals surface area contributed by atoms with Crippen LogP contribution in [0.2, 0.25) is 0 Å². The highest BCUT2D eigenvalue weighted by atomic mass is 32.1. The van der Waals surface area contributed by atoms with Crippen molar-refractivity contribution < 1.29 is 19.5 Å². The maximum atomic E-state index is 12.6. The van der Waals surface area contributed by atoms with Gasteiger partial charge < -0.3 is 15.7 Å². The summed E-state index contributed by atoms with van der Waals surface area (Å²) in [5.41, 5.74) is 0. The van der Waals surface area contributed by atoms with E-state index in [9.17, 15) is 19.5 Å². The Labute approximate surface area is 171 Å². The van der Waals surface area contributed by atoms with Crippen LogP contribution < -0.4 is 10.6 Å². The lowest BCUT2D eigenvalue weighted by Crippen LogP contribution is -2.52. The number of hydrogen-bond donors (Lipinski definition) is 3. The normalized spacial score (nSPS) is 18.3. The number of nitrogens with one attached hydrogen (secondary N) is 2. The van der Waals surface area contributed by atoms with E-state index < -0.39 is 30.2 Å². The van der Waals surface area contributed by atoms with Crippen LogP contribution in [-0.4, -0.2) is 41.4 Å². The molecule has 0 aliphatic heterocycles. The first-order valence-electron chi connectivity index (χ1n) is 10.4. The van der Waals surface area contributed by atoms with Crippen LogP contribution in [0.4, 0.5) is 0 Å². The Balaban J connectivity index is 1.87. The number of thiophene rings is 1. The zero-order valence-corrected chi connectivity index (χ0v) is 17.3. The zero-order valence-electron chi connectivity index (χ0n) is 16.5. The van der Waals surface area contributed by atoms with Gasteiger partial charge in [0.2, 0.25) is 5.91 Å². The van der Waals surface area contributed by atoms with Gasteiger partial charge in [-0.15, -0.1) is 11.3 Å². The number of hydrogen-bond acceptors (Lipinski definition) is 5. The molecule has 156 valence electrons. The van der Waals surface area contributed by atoms with Crippen molar-refractivity contribution in [3.05, 3.63) is 22.4 Å². The van der Waals surface area contributed by atoms with E-state index in [2.05, 4.69) is 10.6 Å². The molecule has 7 heteroatoms. The van der Waals surface area contributed by atoms with Crippen LogP contribution >= 0.6 is 11.3 Å². The van der Waals surface area contributed by atoms with Crippen LogP contribution in [0.15, 0.2) is 17.5 Å². The van der Waals surface area contributed by atoms with E-state index in [1.54, 1.807) is 17.5 Å². The summed E-state index contributed by atoms with van der Waals surface area (Å²) in [6, 6.07) is 2.18. The lowest BCUT2D eigenvalue weighted by molar-refractivity contribution is -0.128. The van der Waals surface area contributed by atoms with Crippen LogP contribution in [0, 0.1) is 0 Å². The first-order chi connectivity index (χ1) is 13.6. The molecule has 2 rings (SSSR count). The predicted molar refractivity (Wildman–Crippen MR) is 110 cm³/mol. The van der Waals surface area contributed by atoms with Crippen molar-refractivity contribution >= 4 is 28.9 Å². The molecule has 28 heavy (non-hydrogen) atoms. The van der Waals surface area contributed by atoms with E-state index in [1.807, 2.05) is 0 Å². The average Bonchev–Trinajstić information content (AvgIpc) is 3.22. The summed E-state index contributed by atoms with van der Waals surface area (Å²) in [6.07, 6.45) is 12.7. The van der Waals surface area contributed by atoms with Crippen LogP contribution in [0.25, 0.3) is 0 Å². The van der Waals surface area contributed by atoms with Gasteiger partial charge in [0.25, 0.3) is 11.7 Å². The lowest BCUT2D eigenvalue weighted by Gasteiger charge is -2.23. The Hall–Kier alpha value is -1.73. The molecule has 1 unspecified atom stereocenters. The van der Waals surface area contributed by atoms with Crippen LogP contribution in [-0.2, 0) is 9.59 Å². The lowest BCUT2D eigenvalue weighted by atomic mass is 9.97. The van der Waals surface area contributed by atoms with Gasteiger partial charge in [-0.25, -0.2) is 0 Å². The molecule has 0 spiro atoms. The molecule has 0 radical (unpaired) electrons. The summed E-state index contributed by atoms with van der Waals surface area (Å²) in [4.78, 5) is 37.1. The zero-order chi connectivity index (χ0) is 20.2. The third kappa shape index (κ3) is 7.72. The van der Waals surface area contributed by atoms with E-state index in [4.69, 9.17) is 0 Å². The van der Waals surface area contributed by atoms with Gasteiger partial charge in [-0.3, -0.25) is 14.4 Å². The van der Waals surface area contributed by atoms with Gasteiger partial charge in [0.05, 0.1) is 11.5 Å². The number of carbonyl (C=O) groups is 3. The molecule has 6 nitrogen and oxygen atoms in total. The molecule has 0 bridgehead atoms. The Kier molecular flexibility index (Phi) is 10.2. The number of amides is 2. The third-order valence-electron chi connectivity index (χ3n) is 5.21. The van der Waals surface area contributed by atoms with Crippen molar-refractivity contribution in [2.45, 2.75) is 82.7 Å². The molecule has 1 aromatic heterocycles. The van der Waals surface area contributed by atoms with E-state index >= 15 is 0 Å². The molecule has 1 heterocycles. The Morgan fingerprint density at radius 2 is 1.57 bits per heavy atom. The summed E-state index contributed by atoms with van der Waals surface area (Å²) in [6.45, 7) is -0.540. The molecular weight excluding hydrogens is 376 g/mol. The molecule has 0 saturated heterocycles. The van der Waals surface area contributed by atoms with E-state index in [1.165, 1.54) is 56.3 Å². The smallest absolute Gasteiger partial charge is 0.293 e. The van der Waals surface area contributed by atoms with Crippen molar-refractivity contribution in [1.82, 2.24) is 10.6 Å². The van der Waals surface area contributed by atoms with Crippen molar-refractivity contribution in [3.63, 3.8) is 0 Å². The molecule has 1 aliphatic carbocycles. The fourth-order valence-corrected chi connectivity index (χ4v) is 4.21. The van der Waals surface area contributed by atoms with Gasteiger partial charge in [-0.1, -0.05) is 63.9 Å². The highest BCUT2D eigenvalue weighted by Gasteiger charge is 2.26. The summed E-state index contributed by atoms with van der Waals surface area (Å²) in [5.74, 6) is -1.98. The van der Waals surface area contributed by atoms with Gasteiger partial charge >= 0.3 is 0 Å². The molecule has 1 fully saturated rings. The van der Waals surface area contributed by atoms with Crippen molar-refractivity contribution in [3.8, 4) is 0 Å². The largest absolute Gasteiger partial charge is 0.394 e. The topological polar surface area (TPSA) is 95.5 Å². The average molecular weight is 409 g/mol. The predicted octanol–water partition coefficient (Wildman–Crippen LogP) is 3.20. The Morgan fingerprint density at radius 1 is 1.00 bits per heavy atom. The van der Waals surface area contributed by atoms with Gasteiger partial charge in [0, 0.05) is 6.04 Å². The molecule has 1 saturated carbocycles. The second-order valence-corrected chi connectivity index (χ2v) is 8.43. The number of carbonyl (C=O) groups excluding carboxylic acids is 3. The molecular formula is C21H32N2O4S. The first kappa shape index (κ1) is 22.6. The summed E-state index contributed by atoms with van der Waals surface area (Å²) in [7, 11) is 0. The maximum Gasteiger partial charge on any atom is 0.293 e. The van der Waals surface area contributed by atoms with Gasteiger partial charge in [-0.2, -0.15) is 0 Å². The third-order valence-corrected chi connectivity index (χ3v) is 6.08. The highest BCUT2D eigenvalue weighted by Crippen LogP contribution is 2.17. The number of ketones is 1. The number of aliphatic hydroxyl groups is 1. The molecule has 2 amide bonds. The minimum absolute atomic E-state index is 0.0471.